The predicted octanol–water partition coefficient (Wildman–Crippen LogP) is 3.71. The Labute approximate surface area is 124 Å². The molecule has 0 aromatic heterocycles. The van der Waals surface area contributed by atoms with Crippen LogP contribution < -0.4 is 10.7 Å². The zero-order chi connectivity index (χ0) is 14.4. The van der Waals surface area contributed by atoms with Crippen LogP contribution in [0.3, 0.4) is 0 Å². The predicted molar refractivity (Wildman–Crippen MR) is 89.2 cm³/mol. The second-order valence-corrected chi connectivity index (χ2v) is 4.90. The fourth-order valence-electron chi connectivity index (χ4n) is 1.67. The number of para-hydroxylation sites is 1. The van der Waals surface area contributed by atoms with Crippen LogP contribution in [0.15, 0.2) is 59.7 Å². The molecule has 0 aliphatic carbocycles. The van der Waals surface area contributed by atoms with Gasteiger partial charge in [-0.25, -0.2) is 0 Å². The summed E-state index contributed by atoms with van der Waals surface area (Å²) in [6.07, 6.45) is 0. The van der Waals surface area contributed by atoms with Crippen molar-refractivity contribution in [3.63, 3.8) is 0 Å². The maximum Gasteiger partial charge on any atom is 0.191 e. The van der Waals surface area contributed by atoms with Gasteiger partial charge in [0, 0.05) is 5.69 Å². The molecular weight excluding hydrogens is 266 g/mol. The van der Waals surface area contributed by atoms with Crippen LogP contribution in [0.5, 0.6) is 0 Å². The number of hydrazone groups is 1. The van der Waals surface area contributed by atoms with Crippen molar-refractivity contribution >= 4 is 28.7 Å². The summed E-state index contributed by atoms with van der Waals surface area (Å²) in [6.45, 7) is 4.01. The van der Waals surface area contributed by atoms with E-state index >= 15 is 0 Å². The highest BCUT2D eigenvalue weighted by Gasteiger charge is 1.98. The van der Waals surface area contributed by atoms with Gasteiger partial charge in [0.25, 0.3) is 0 Å². The average Bonchev–Trinajstić information content (AvgIpc) is 2.46. The van der Waals surface area contributed by atoms with Crippen molar-refractivity contribution in [1.29, 1.82) is 0 Å². The van der Waals surface area contributed by atoms with E-state index in [2.05, 4.69) is 34.9 Å². The number of anilines is 1. The quantitative estimate of drug-likeness (QED) is 0.512. The Kier molecular flexibility index (Phi) is 4.85. The summed E-state index contributed by atoms with van der Waals surface area (Å²) in [6, 6.07) is 18.0. The van der Waals surface area contributed by atoms with Gasteiger partial charge in [0.05, 0.1) is 5.71 Å². The highest BCUT2D eigenvalue weighted by molar-refractivity contribution is 7.80. The minimum Gasteiger partial charge on any atom is -0.331 e. The number of nitrogens with zero attached hydrogens (tertiary/aromatic N) is 1. The van der Waals surface area contributed by atoms with Gasteiger partial charge in [-0.3, -0.25) is 5.43 Å². The van der Waals surface area contributed by atoms with Crippen LogP contribution >= 0.6 is 12.2 Å². The molecule has 0 aliphatic heterocycles. The summed E-state index contributed by atoms with van der Waals surface area (Å²) in [4.78, 5) is 0. The molecule has 0 aliphatic rings. The molecule has 20 heavy (non-hydrogen) atoms. The fraction of sp³-hybridized carbons (Fsp3) is 0.125. The zero-order valence-corrected chi connectivity index (χ0v) is 12.4. The van der Waals surface area contributed by atoms with Crippen LogP contribution in [0.4, 0.5) is 5.69 Å². The third-order valence-electron chi connectivity index (χ3n) is 2.83. The van der Waals surface area contributed by atoms with Crippen molar-refractivity contribution in [3.8, 4) is 0 Å². The highest BCUT2D eigenvalue weighted by atomic mass is 32.1. The largest absolute Gasteiger partial charge is 0.331 e. The fourth-order valence-corrected chi connectivity index (χ4v) is 1.84. The van der Waals surface area contributed by atoms with Crippen molar-refractivity contribution in [3.05, 3.63) is 65.7 Å². The minimum atomic E-state index is 0.475. The normalized spacial score (nSPS) is 11.0. The first kappa shape index (κ1) is 14.2. The van der Waals surface area contributed by atoms with Gasteiger partial charge in [-0.15, -0.1) is 0 Å². The Bertz CT molecular complexity index is 603. The van der Waals surface area contributed by atoms with Crippen LogP contribution in [-0.4, -0.2) is 10.8 Å². The standard InChI is InChI=1S/C16H17N3S/c1-12-8-10-14(11-9-12)13(2)18-19-16(20)17-15-6-4-3-5-7-15/h3-11H,1-2H3,(H2,17,19,20)/b18-13-. The summed E-state index contributed by atoms with van der Waals surface area (Å²) < 4.78 is 0. The summed E-state index contributed by atoms with van der Waals surface area (Å²) in [5.74, 6) is 0. The van der Waals surface area contributed by atoms with E-state index in [1.54, 1.807) is 0 Å². The molecular formula is C16H17N3S. The lowest BCUT2D eigenvalue weighted by Gasteiger charge is -2.08. The van der Waals surface area contributed by atoms with Crippen LogP contribution in [0.1, 0.15) is 18.1 Å². The van der Waals surface area contributed by atoms with Gasteiger partial charge in [-0.1, -0.05) is 48.0 Å². The third kappa shape index (κ3) is 4.17. The van der Waals surface area contributed by atoms with Crippen LogP contribution in [0.2, 0.25) is 0 Å². The van der Waals surface area contributed by atoms with E-state index in [4.69, 9.17) is 12.2 Å². The summed E-state index contributed by atoms with van der Waals surface area (Å²) in [5.41, 5.74) is 6.99. The van der Waals surface area contributed by atoms with Crippen molar-refractivity contribution in [2.24, 2.45) is 5.10 Å². The van der Waals surface area contributed by atoms with Gasteiger partial charge in [0.2, 0.25) is 0 Å². The monoisotopic (exact) mass is 283 g/mol. The topological polar surface area (TPSA) is 36.4 Å². The van der Waals surface area contributed by atoms with Crippen LogP contribution in [-0.2, 0) is 0 Å². The van der Waals surface area contributed by atoms with Gasteiger partial charge in [0.1, 0.15) is 0 Å². The van der Waals surface area contributed by atoms with E-state index < -0.39 is 0 Å². The Balaban J connectivity index is 1.95. The maximum absolute atomic E-state index is 5.20. The van der Waals surface area contributed by atoms with Crippen molar-refractivity contribution < 1.29 is 0 Å². The molecule has 2 N–H and O–H groups in total. The molecule has 0 atom stereocenters. The van der Waals surface area contributed by atoms with Crippen molar-refractivity contribution in [2.45, 2.75) is 13.8 Å². The summed E-state index contributed by atoms with van der Waals surface area (Å²) in [5, 5.41) is 7.83. The molecule has 2 aromatic carbocycles. The molecule has 0 unspecified atom stereocenters. The number of hydrogen-bond donors (Lipinski definition) is 2. The molecule has 0 saturated carbocycles. The lowest BCUT2D eigenvalue weighted by molar-refractivity contribution is 1.04. The van der Waals surface area contributed by atoms with Crippen LogP contribution in [0.25, 0.3) is 0 Å². The molecule has 0 radical (unpaired) electrons. The zero-order valence-electron chi connectivity index (χ0n) is 11.6. The van der Waals surface area contributed by atoms with Crippen LogP contribution in [0, 0.1) is 6.92 Å². The molecule has 0 heterocycles. The second kappa shape index (κ2) is 6.82. The van der Waals surface area contributed by atoms with Crippen molar-refractivity contribution in [2.75, 3.05) is 5.32 Å². The summed E-state index contributed by atoms with van der Waals surface area (Å²) in [7, 11) is 0. The van der Waals surface area contributed by atoms with Gasteiger partial charge >= 0.3 is 0 Å². The van der Waals surface area contributed by atoms with Gasteiger partial charge in [-0.2, -0.15) is 5.10 Å². The average molecular weight is 283 g/mol. The number of aryl methyl sites for hydroxylation is 1. The lowest BCUT2D eigenvalue weighted by atomic mass is 10.1. The first-order valence-electron chi connectivity index (χ1n) is 6.38. The Morgan fingerprint density at radius 1 is 1.00 bits per heavy atom. The van der Waals surface area contributed by atoms with E-state index in [0.29, 0.717) is 5.11 Å². The molecule has 3 nitrogen and oxygen atoms in total. The maximum atomic E-state index is 5.20. The molecule has 102 valence electrons. The first-order valence-corrected chi connectivity index (χ1v) is 6.79. The van der Waals surface area contributed by atoms with Gasteiger partial charge in [-0.05, 0) is 43.8 Å². The van der Waals surface area contributed by atoms with E-state index in [1.165, 1.54) is 5.56 Å². The Morgan fingerprint density at radius 2 is 1.65 bits per heavy atom. The van der Waals surface area contributed by atoms with Gasteiger partial charge < -0.3 is 5.32 Å². The first-order chi connectivity index (χ1) is 9.65. The van der Waals surface area contributed by atoms with Gasteiger partial charge in [0.15, 0.2) is 5.11 Å². The minimum absolute atomic E-state index is 0.475. The Morgan fingerprint density at radius 3 is 2.30 bits per heavy atom. The van der Waals surface area contributed by atoms with E-state index in [9.17, 15) is 0 Å². The number of hydrogen-bond acceptors (Lipinski definition) is 2. The smallest absolute Gasteiger partial charge is 0.191 e. The van der Waals surface area contributed by atoms with Crippen molar-refractivity contribution in [1.82, 2.24) is 5.43 Å². The Hall–Kier alpha value is -2.20. The number of nitrogens with one attached hydrogen (secondary N) is 2. The highest BCUT2D eigenvalue weighted by Crippen LogP contribution is 2.05. The molecule has 0 saturated heterocycles. The molecule has 0 bridgehead atoms. The third-order valence-corrected chi connectivity index (χ3v) is 3.02. The molecule has 0 amide bonds. The summed E-state index contributed by atoms with van der Waals surface area (Å²) >= 11 is 5.20. The van der Waals surface area contributed by atoms with E-state index in [0.717, 1.165) is 17.0 Å². The van der Waals surface area contributed by atoms with E-state index in [-0.39, 0.29) is 0 Å². The molecule has 2 rings (SSSR count). The number of rotatable bonds is 3. The molecule has 0 fully saturated rings. The number of benzene rings is 2. The molecule has 0 spiro atoms. The number of thiocarbonyl (C=S) groups is 1. The molecule has 4 heteroatoms. The van der Waals surface area contributed by atoms with E-state index in [1.807, 2.05) is 49.4 Å². The second-order valence-electron chi connectivity index (χ2n) is 4.50. The molecule has 2 aromatic rings. The lowest BCUT2D eigenvalue weighted by Crippen LogP contribution is -2.24. The SMILES string of the molecule is C/C(=N/NC(=S)Nc1ccccc1)c1ccc(C)cc1.